The molecule has 0 unspecified atom stereocenters. The van der Waals surface area contributed by atoms with Gasteiger partial charge in [-0.2, -0.15) is 0 Å². The number of hydrogen-bond acceptors (Lipinski definition) is 6. The summed E-state index contributed by atoms with van der Waals surface area (Å²) in [7, 11) is 0. The van der Waals surface area contributed by atoms with Crippen molar-refractivity contribution in [2.75, 3.05) is 0 Å². The Bertz CT molecular complexity index is 192. The standard InChI is InChI=1S/3C2H4O2.Bi.5H2O/c3*1-2(3)4;;;;;;/h3*1H3,(H,3,4);;5*1H2/q;;;+3;;;;;/p-3. The minimum Gasteiger partial charge on any atom is -0.412 e. The molecule has 0 spiro atoms. The summed E-state index contributed by atoms with van der Waals surface area (Å²) in [5, 5.41) is 0. The van der Waals surface area contributed by atoms with Crippen LogP contribution in [0.4, 0.5) is 0 Å². The molecule has 12 heteroatoms. The van der Waals surface area contributed by atoms with Gasteiger partial charge in [0.1, 0.15) is 0 Å². The van der Waals surface area contributed by atoms with E-state index in [-0.39, 0.29) is 27.4 Å². The van der Waals surface area contributed by atoms with Gasteiger partial charge in [-0.05, 0) is 0 Å². The van der Waals surface area contributed by atoms with Crippen LogP contribution in [0.1, 0.15) is 20.8 Å². The maximum atomic E-state index is 10.5. The number of hydrogen-bond donors (Lipinski definition) is 0. The molecule has 0 aliphatic heterocycles. The summed E-state index contributed by atoms with van der Waals surface area (Å²) in [6.45, 7) is 3.44. The van der Waals surface area contributed by atoms with Gasteiger partial charge in [0.05, 0.1) is 0 Å². The Morgan fingerprint density at radius 3 is 0.889 bits per heavy atom. The Balaban J connectivity index is -0.0000000720. The van der Waals surface area contributed by atoms with E-state index in [0.717, 1.165) is 20.8 Å². The van der Waals surface area contributed by atoms with Gasteiger partial charge >= 0.3 is 84.6 Å². The number of rotatable bonds is 3. The predicted molar refractivity (Wildman–Crippen MR) is 59.1 cm³/mol. The first kappa shape index (κ1) is 36.0. The molecule has 0 heterocycles. The SMILES string of the molecule is CC(=O)[O][Bi]([O]C(C)=O)[O]C(C)=O.O.O.O.O.O. The summed E-state index contributed by atoms with van der Waals surface area (Å²) >= 11 is -3.59. The topological polar surface area (TPSA) is 236 Å². The van der Waals surface area contributed by atoms with E-state index >= 15 is 0 Å². The van der Waals surface area contributed by atoms with E-state index in [9.17, 15) is 14.4 Å². The molecule has 18 heavy (non-hydrogen) atoms. The van der Waals surface area contributed by atoms with Crippen molar-refractivity contribution in [2.24, 2.45) is 0 Å². The summed E-state index contributed by atoms with van der Waals surface area (Å²) in [6, 6.07) is 0. The average Bonchev–Trinajstić information content (AvgIpc) is 1.80. The van der Waals surface area contributed by atoms with Gasteiger partial charge < -0.3 is 27.4 Å². The summed E-state index contributed by atoms with van der Waals surface area (Å²) in [5.41, 5.74) is 0. The molecule has 0 aromatic carbocycles. The zero-order valence-electron chi connectivity index (χ0n) is 9.90. The van der Waals surface area contributed by atoms with E-state index < -0.39 is 41.0 Å². The molecule has 0 aliphatic carbocycles. The Hall–Kier alpha value is -0.907. The zero-order chi connectivity index (χ0) is 10.4. The Morgan fingerprint density at radius 2 is 0.778 bits per heavy atom. The van der Waals surface area contributed by atoms with E-state index in [1.54, 1.807) is 0 Å². The van der Waals surface area contributed by atoms with Crippen LogP contribution >= 0.6 is 0 Å². The molecule has 0 aliphatic rings. The van der Waals surface area contributed by atoms with Crippen LogP contribution < -0.4 is 0 Å². The van der Waals surface area contributed by atoms with Crippen molar-refractivity contribution >= 4 is 41.0 Å². The molecule has 10 N–H and O–H groups in total. The van der Waals surface area contributed by atoms with E-state index in [2.05, 4.69) is 8.44 Å². The van der Waals surface area contributed by atoms with E-state index in [1.165, 1.54) is 0 Å². The Kier molecular flexibility index (Phi) is 36.9. The number of carbonyl (C=O) groups is 3. The molecule has 0 aromatic heterocycles. The molecule has 0 aromatic rings. The van der Waals surface area contributed by atoms with Crippen molar-refractivity contribution < 1.29 is 50.2 Å². The normalized spacial score (nSPS) is 6.67. The maximum Gasteiger partial charge on any atom is -0.412 e. The van der Waals surface area contributed by atoms with Gasteiger partial charge in [-0.25, -0.2) is 0 Å². The average molecular weight is 476 g/mol. The third-order valence-electron chi connectivity index (χ3n) is 0.609. The second kappa shape index (κ2) is 18.5. The largest absolute Gasteiger partial charge is 0.412 e. The van der Waals surface area contributed by atoms with Crippen LogP contribution in [0.2, 0.25) is 0 Å². The Morgan fingerprint density at radius 1 is 0.611 bits per heavy atom. The van der Waals surface area contributed by atoms with Crippen molar-refractivity contribution in [1.82, 2.24) is 0 Å². The second-order valence-electron chi connectivity index (χ2n) is 1.97. The summed E-state index contributed by atoms with van der Waals surface area (Å²) in [6.07, 6.45) is 0. The van der Waals surface area contributed by atoms with Crippen LogP contribution in [0, 0.1) is 0 Å². The van der Waals surface area contributed by atoms with Gasteiger partial charge in [-0.1, -0.05) is 0 Å². The monoisotopic (exact) mass is 476 g/mol. The van der Waals surface area contributed by atoms with Crippen LogP contribution in [0.5, 0.6) is 0 Å². The van der Waals surface area contributed by atoms with E-state index in [0.29, 0.717) is 0 Å². The van der Waals surface area contributed by atoms with Crippen molar-refractivity contribution in [3.63, 3.8) is 0 Å². The molecule has 0 bridgehead atoms. The molecular weight excluding hydrogens is 457 g/mol. The van der Waals surface area contributed by atoms with Crippen molar-refractivity contribution in [3.8, 4) is 0 Å². The first-order valence-corrected chi connectivity index (χ1v) is 7.53. The molecule has 114 valence electrons. The molecule has 0 radical (unpaired) electrons. The smallest absolute Gasteiger partial charge is 0.412 e. The van der Waals surface area contributed by atoms with Crippen LogP contribution in [0.3, 0.4) is 0 Å². The molecule has 0 saturated carbocycles. The molecule has 0 fully saturated rings. The van der Waals surface area contributed by atoms with Gasteiger partial charge in [0.15, 0.2) is 0 Å². The summed E-state index contributed by atoms with van der Waals surface area (Å²) in [4.78, 5) is 31.4. The molecule has 0 saturated heterocycles. The molecule has 0 amide bonds. The van der Waals surface area contributed by atoms with Gasteiger partial charge in [-0.3, -0.25) is 0 Å². The van der Waals surface area contributed by atoms with Crippen molar-refractivity contribution in [2.45, 2.75) is 20.8 Å². The fourth-order valence-electron chi connectivity index (χ4n) is 0.371. The van der Waals surface area contributed by atoms with Crippen LogP contribution in [0.15, 0.2) is 0 Å². The van der Waals surface area contributed by atoms with Gasteiger partial charge in [0.2, 0.25) is 0 Å². The van der Waals surface area contributed by atoms with Gasteiger partial charge in [0, 0.05) is 0 Å². The van der Waals surface area contributed by atoms with Crippen molar-refractivity contribution in [1.29, 1.82) is 0 Å². The van der Waals surface area contributed by atoms with E-state index in [1.807, 2.05) is 0 Å². The minimum atomic E-state index is -3.59. The molecular formula is C6H19BiO11. The maximum absolute atomic E-state index is 10.5. The van der Waals surface area contributed by atoms with Crippen molar-refractivity contribution in [3.05, 3.63) is 0 Å². The third kappa shape index (κ3) is 24.4. The minimum absolute atomic E-state index is 0. The third-order valence-corrected chi connectivity index (χ3v) is 5.35. The quantitative estimate of drug-likeness (QED) is 0.364. The first-order chi connectivity index (χ1) is 5.91. The summed E-state index contributed by atoms with van der Waals surface area (Å²) < 4.78 is 13.7. The number of carbonyl (C=O) groups excluding carboxylic acids is 3. The van der Waals surface area contributed by atoms with Crippen LogP contribution in [0.25, 0.3) is 0 Å². The molecule has 0 atom stereocenters. The van der Waals surface area contributed by atoms with Crippen LogP contribution in [-0.4, -0.2) is 68.4 Å². The summed E-state index contributed by atoms with van der Waals surface area (Å²) in [5.74, 6) is -1.87. The van der Waals surface area contributed by atoms with Gasteiger partial charge in [0.25, 0.3) is 0 Å². The zero-order valence-corrected chi connectivity index (χ0v) is 13.4. The predicted octanol–water partition coefficient (Wildman–Crippen LogP) is -4.46. The van der Waals surface area contributed by atoms with Crippen LogP contribution in [-0.2, 0) is 22.8 Å². The second-order valence-corrected chi connectivity index (χ2v) is 5.84. The fraction of sp³-hybridized carbons (Fsp3) is 0.500. The Labute approximate surface area is 112 Å². The molecule has 0 rings (SSSR count). The van der Waals surface area contributed by atoms with E-state index in [4.69, 9.17) is 0 Å². The molecule has 11 nitrogen and oxygen atoms in total. The first-order valence-electron chi connectivity index (χ1n) is 3.27. The van der Waals surface area contributed by atoms with Gasteiger partial charge in [-0.15, -0.1) is 0 Å². The fourth-order valence-corrected chi connectivity index (χ4v) is 3.25.